The van der Waals surface area contributed by atoms with Gasteiger partial charge in [-0.1, -0.05) is 101 Å². The maximum Gasteiger partial charge on any atom is 0.407 e. The molecular weight excluding hydrogens is 634 g/mol. The molecule has 0 unspecified atom stereocenters. The maximum atomic E-state index is 14.0. The van der Waals surface area contributed by atoms with E-state index in [4.69, 9.17) is 9.47 Å². The average molecular weight is 690 g/mol. The number of hydrogen-bond donors (Lipinski definition) is 2. The fourth-order valence-electron chi connectivity index (χ4n) is 6.34. The van der Waals surface area contributed by atoms with Gasteiger partial charge in [-0.3, -0.25) is 14.4 Å². The second kappa shape index (κ2) is 20.9. The van der Waals surface area contributed by atoms with Crippen molar-refractivity contribution in [2.75, 3.05) is 20.2 Å². The lowest BCUT2D eigenvalue weighted by molar-refractivity contribution is -0.146. The van der Waals surface area contributed by atoms with Gasteiger partial charge in [0.1, 0.15) is 12.6 Å². The van der Waals surface area contributed by atoms with E-state index < -0.39 is 41.9 Å². The number of benzene rings is 2. The van der Waals surface area contributed by atoms with Crippen LogP contribution in [-0.4, -0.2) is 66.8 Å². The zero-order chi connectivity index (χ0) is 36.5. The van der Waals surface area contributed by atoms with Crippen LogP contribution in [0.5, 0.6) is 0 Å². The maximum absolute atomic E-state index is 14.0. The van der Waals surface area contributed by atoms with Gasteiger partial charge in [-0.2, -0.15) is 0 Å². The lowest BCUT2D eigenvalue weighted by Crippen LogP contribution is -2.46. The summed E-state index contributed by atoms with van der Waals surface area (Å²) in [5.41, 5.74) is 1.92. The first-order valence-electron chi connectivity index (χ1n) is 17.9. The first kappa shape index (κ1) is 40.0. The lowest BCUT2D eigenvalue weighted by Gasteiger charge is -2.28. The molecule has 0 aliphatic carbocycles. The smallest absolute Gasteiger partial charge is 0.407 e. The highest BCUT2D eigenvalue weighted by Gasteiger charge is 2.37. The highest BCUT2D eigenvalue weighted by atomic mass is 16.5. The van der Waals surface area contributed by atoms with Crippen molar-refractivity contribution in [1.82, 2.24) is 15.5 Å². The summed E-state index contributed by atoms with van der Waals surface area (Å²) in [6, 6.07) is 17.7. The Bertz CT molecular complexity index is 1410. The van der Waals surface area contributed by atoms with Gasteiger partial charge in [-0.05, 0) is 61.5 Å². The number of allylic oxidation sites excluding steroid dienone is 1. The first-order valence-corrected chi connectivity index (χ1v) is 17.9. The Morgan fingerprint density at radius 2 is 1.58 bits per heavy atom. The summed E-state index contributed by atoms with van der Waals surface area (Å²) in [4.78, 5) is 67.0. The van der Waals surface area contributed by atoms with Crippen LogP contribution in [0.15, 0.2) is 72.8 Å². The molecule has 50 heavy (non-hydrogen) atoms. The molecule has 2 aromatic carbocycles. The highest BCUT2D eigenvalue weighted by Crippen LogP contribution is 2.26. The number of carbonyl (C=O) groups is 5. The predicted molar refractivity (Wildman–Crippen MR) is 193 cm³/mol. The van der Waals surface area contributed by atoms with E-state index in [0.29, 0.717) is 44.1 Å². The van der Waals surface area contributed by atoms with Crippen LogP contribution in [0.4, 0.5) is 4.79 Å². The number of nitrogens with zero attached hydrogens (tertiary/aromatic N) is 1. The van der Waals surface area contributed by atoms with E-state index in [9.17, 15) is 24.0 Å². The quantitative estimate of drug-likeness (QED) is 0.105. The second-order valence-corrected chi connectivity index (χ2v) is 13.8. The second-order valence-electron chi connectivity index (χ2n) is 13.8. The molecule has 1 aliphatic heterocycles. The topological polar surface area (TPSA) is 131 Å². The zero-order valence-electron chi connectivity index (χ0n) is 30.3. The average Bonchev–Trinajstić information content (AvgIpc) is 3.60. The normalized spacial score (nSPS) is 16.8. The van der Waals surface area contributed by atoms with E-state index in [2.05, 4.69) is 37.5 Å². The van der Waals surface area contributed by atoms with E-state index >= 15 is 0 Å². The molecule has 272 valence electrons. The summed E-state index contributed by atoms with van der Waals surface area (Å²) in [6.07, 6.45) is 6.91. The minimum atomic E-state index is -0.944. The third-order valence-corrected chi connectivity index (χ3v) is 8.95. The van der Waals surface area contributed by atoms with Crippen molar-refractivity contribution in [3.63, 3.8) is 0 Å². The predicted octanol–water partition coefficient (Wildman–Crippen LogP) is 6.03. The van der Waals surface area contributed by atoms with Crippen molar-refractivity contribution in [3.8, 4) is 0 Å². The first-order chi connectivity index (χ1) is 24.0. The summed E-state index contributed by atoms with van der Waals surface area (Å²) < 4.78 is 10.1. The number of ketones is 1. The monoisotopic (exact) mass is 689 g/mol. The van der Waals surface area contributed by atoms with Crippen LogP contribution in [0, 0.1) is 23.7 Å². The van der Waals surface area contributed by atoms with Crippen molar-refractivity contribution in [2.45, 2.75) is 91.3 Å². The Morgan fingerprint density at radius 3 is 2.22 bits per heavy atom. The van der Waals surface area contributed by atoms with E-state index in [1.54, 1.807) is 11.8 Å². The Morgan fingerprint density at radius 1 is 0.920 bits per heavy atom. The van der Waals surface area contributed by atoms with E-state index in [0.717, 1.165) is 17.5 Å². The van der Waals surface area contributed by atoms with Crippen molar-refractivity contribution < 1.29 is 33.4 Å². The van der Waals surface area contributed by atoms with E-state index in [1.165, 1.54) is 7.11 Å². The largest absolute Gasteiger partial charge is 0.467 e. The number of methoxy groups -OCH3 is 1. The van der Waals surface area contributed by atoms with Crippen LogP contribution in [-0.2, 0) is 41.7 Å². The Balaban J connectivity index is 1.55. The number of Topliss-reactive ketones (excluding diaryl/α,β-unsaturated/α-hetero) is 1. The number of likely N-dealkylation sites (tertiary alicyclic amines) is 1. The van der Waals surface area contributed by atoms with Crippen LogP contribution in [0.25, 0.3) is 0 Å². The van der Waals surface area contributed by atoms with Crippen LogP contribution in [0.2, 0.25) is 0 Å². The van der Waals surface area contributed by atoms with Gasteiger partial charge in [0.15, 0.2) is 5.78 Å². The van der Waals surface area contributed by atoms with Gasteiger partial charge in [0.25, 0.3) is 0 Å². The Hall–Kier alpha value is -4.47. The van der Waals surface area contributed by atoms with Gasteiger partial charge in [0.2, 0.25) is 11.8 Å². The van der Waals surface area contributed by atoms with Gasteiger partial charge in [0.05, 0.1) is 19.1 Å². The number of hydrogen-bond acceptors (Lipinski definition) is 7. The van der Waals surface area contributed by atoms with E-state index in [-0.39, 0.29) is 37.7 Å². The molecule has 2 N–H and O–H groups in total. The molecular formula is C40H55N3O7. The molecule has 10 nitrogen and oxygen atoms in total. The van der Waals surface area contributed by atoms with Crippen molar-refractivity contribution in [1.29, 1.82) is 0 Å². The molecule has 0 spiro atoms. The van der Waals surface area contributed by atoms with Crippen molar-refractivity contribution in [2.24, 2.45) is 23.7 Å². The minimum Gasteiger partial charge on any atom is -0.467 e. The number of alkyl carbamates (subject to hydrolysis) is 1. The van der Waals surface area contributed by atoms with Gasteiger partial charge in [-0.15, -0.1) is 0 Å². The Labute approximate surface area is 297 Å². The number of esters is 1. The lowest BCUT2D eigenvalue weighted by atomic mass is 9.92. The molecule has 1 aliphatic rings. The fraction of sp³-hybridized carbons (Fsp3) is 0.525. The van der Waals surface area contributed by atoms with Crippen molar-refractivity contribution in [3.05, 3.63) is 83.9 Å². The summed E-state index contributed by atoms with van der Waals surface area (Å²) in [5.74, 6) is -1.57. The van der Waals surface area contributed by atoms with E-state index in [1.807, 2.05) is 66.7 Å². The molecule has 2 aromatic rings. The molecule has 0 aromatic heterocycles. The van der Waals surface area contributed by atoms with Crippen LogP contribution in [0.3, 0.4) is 0 Å². The number of carbonyl (C=O) groups excluding carboxylic acids is 5. The SMILES string of the molecule is COC(=O)[C@H](CCCNC(=O)OCc1ccccc1)NC(=O)[C@H](C)CC(=O)[C@@H]1CCCN1C(=O)[C@H](/C=C/[C@@H](C)CC(C)C)Cc1ccccc1. The zero-order valence-corrected chi connectivity index (χ0v) is 30.3. The molecule has 1 saturated heterocycles. The number of nitrogens with one attached hydrogen (secondary N) is 2. The molecule has 0 radical (unpaired) electrons. The van der Waals surface area contributed by atoms with Crippen LogP contribution in [0.1, 0.15) is 77.3 Å². The molecule has 3 rings (SSSR count). The molecule has 0 saturated carbocycles. The van der Waals surface area contributed by atoms with Crippen LogP contribution >= 0.6 is 0 Å². The minimum absolute atomic E-state index is 0.0619. The van der Waals surface area contributed by atoms with Gasteiger partial charge >= 0.3 is 12.1 Å². The number of ether oxygens (including phenoxy) is 2. The number of rotatable bonds is 19. The summed E-state index contributed by atoms with van der Waals surface area (Å²) in [7, 11) is 1.24. The summed E-state index contributed by atoms with van der Waals surface area (Å²) in [6.45, 7) is 9.02. The fourth-order valence-corrected chi connectivity index (χ4v) is 6.34. The molecule has 3 amide bonds. The Kier molecular flexibility index (Phi) is 16.7. The summed E-state index contributed by atoms with van der Waals surface area (Å²) in [5, 5.41) is 5.37. The van der Waals surface area contributed by atoms with Crippen molar-refractivity contribution >= 4 is 29.7 Å². The van der Waals surface area contributed by atoms with Gasteiger partial charge < -0.3 is 25.0 Å². The molecule has 1 heterocycles. The molecule has 5 atom stereocenters. The third-order valence-electron chi connectivity index (χ3n) is 8.95. The molecule has 1 fully saturated rings. The molecule has 0 bridgehead atoms. The van der Waals surface area contributed by atoms with Gasteiger partial charge in [-0.25, -0.2) is 9.59 Å². The van der Waals surface area contributed by atoms with Crippen LogP contribution < -0.4 is 10.6 Å². The molecule has 10 heteroatoms. The highest BCUT2D eigenvalue weighted by molar-refractivity contribution is 5.94. The third kappa shape index (κ3) is 13.4. The standard InChI is InChI=1S/C40H55N3O7/c1-28(2)24-29(3)20-21-33(26-31-14-8-6-9-15-31)38(46)43-23-13-19-35(43)36(44)25-30(4)37(45)42-34(39(47)49-5)18-12-22-41-40(48)50-27-32-16-10-7-11-17-32/h6-11,14-17,20-21,28-30,33-35H,12-13,18-19,22-27H2,1-5H3,(H,41,48)(H,42,45)/b21-20+/t29-,30-,33-,34+,35+/m1/s1. The summed E-state index contributed by atoms with van der Waals surface area (Å²) >= 11 is 0. The van der Waals surface area contributed by atoms with Gasteiger partial charge in [0, 0.05) is 25.4 Å². The number of amides is 3.